The second-order valence-electron chi connectivity index (χ2n) is 6.15. The van der Waals surface area contributed by atoms with E-state index >= 15 is 0 Å². The first-order chi connectivity index (χ1) is 10.2. The molecule has 0 saturated carbocycles. The van der Waals surface area contributed by atoms with Gasteiger partial charge < -0.3 is 15.6 Å². The van der Waals surface area contributed by atoms with Gasteiger partial charge in [0.15, 0.2) is 0 Å². The van der Waals surface area contributed by atoms with Crippen molar-refractivity contribution >= 4 is 16.7 Å². The average molecular weight is 286 g/mol. The molecule has 4 nitrogen and oxygen atoms in total. The van der Waals surface area contributed by atoms with Gasteiger partial charge in [-0.15, -0.1) is 0 Å². The number of likely N-dealkylation sites (tertiary alicyclic amines) is 1. The van der Waals surface area contributed by atoms with Crippen molar-refractivity contribution in [2.45, 2.75) is 51.5 Å². The van der Waals surface area contributed by atoms with Gasteiger partial charge in [-0.25, -0.2) is 0 Å². The van der Waals surface area contributed by atoms with Gasteiger partial charge in [-0.1, -0.05) is 13.8 Å². The Balaban J connectivity index is 1.76. The number of H-pyrrole nitrogens is 1. The quantitative estimate of drug-likeness (QED) is 0.904. The van der Waals surface area contributed by atoms with E-state index in [0.29, 0.717) is 5.92 Å². The number of rotatable bonds is 4. The Hall–Kier alpha value is -1.55. The number of fused-ring (bicyclic) bond motifs is 1. The molecule has 3 N–H and O–H groups in total. The summed E-state index contributed by atoms with van der Waals surface area (Å²) in [4.78, 5) is 10.5. The SMILES string of the molecule is CCC(CC)N1CCC(c2c[nH]c3c(N)ccnc23)CC1. The van der Waals surface area contributed by atoms with E-state index < -0.39 is 0 Å². The van der Waals surface area contributed by atoms with Crippen molar-refractivity contribution < 1.29 is 0 Å². The summed E-state index contributed by atoms with van der Waals surface area (Å²) in [6.45, 7) is 7.00. The fraction of sp³-hybridized carbons (Fsp3) is 0.588. The Morgan fingerprint density at radius 2 is 2.05 bits per heavy atom. The lowest BCUT2D eigenvalue weighted by atomic mass is 9.89. The first-order valence-corrected chi connectivity index (χ1v) is 8.20. The van der Waals surface area contributed by atoms with Crippen LogP contribution in [-0.2, 0) is 0 Å². The summed E-state index contributed by atoms with van der Waals surface area (Å²) in [5, 5.41) is 0. The molecule has 0 spiro atoms. The molecule has 1 fully saturated rings. The lowest BCUT2D eigenvalue weighted by molar-refractivity contribution is 0.144. The molecule has 0 amide bonds. The van der Waals surface area contributed by atoms with Gasteiger partial charge in [0.25, 0.3) is 0 Å². The minimum Gasteiger partial charge on any atom is -0.397 e. The molecule has 2 aromatic heterocycles. The predicted molar refractivity (Wildman–Crippen MR) is 88.4 cm³/mol. The minimum absolute atomic E-state index is 0.610. The summed E-state index contributed by atoms with van der Waals surface area (Å²) in [7, 11) is 0. The van der Waals surface area contributed by atoms with Crippen molar-refractivity contribution in [3.8, 4) is 0 Å². The lowest BCUT2D eigenvalue weighted by Crippen LogP contribution is -2.40. The number of aromatic nitrogens is 2. The average Bonchev–Trinajstić information content (AvgIpc) is 2.95. The van der Waals surface area contributed by atoms with Crippen LogP contribution in [0.1, 0.15) is 51.0 Å². The Kier molecular flexibility index (Phi) is 4.15. The first kappa shape index (κ1) is 14.4. The third-order valence-corrected chi connectivity index (χ3v) is 5.06. The molecule has 0 unspecified atom stereocenters. The Morgan fingerprint density at radius 1 is 1.33 bits per heavy atom. The zero-order chi connectivity index (χ0) is 14.8. The number of aromatic amines is 1. The maximum atomic E-state index is 6.02. The molecular formula is C17H26N4. The van der Waals surface area contributed by atoms with Gasteiger partial charge in [0.2, 0.25) is 0 Å². The molecule has 0 aliphatic carbocycles. The summed E-state index contributed by atoms with van der Waals surface area (Å²) in [5.41, 5.74) is 10.2. The first-order valence-electron chi connectivity index (χ1n) is 8.20. The van der Waals surface area contributed by atoms with Crippen LogP contribution in [0.2, 0.25) is 0 Å². The van der Waals surface area contributed by atoms with Crippen molar-refractivity contribution in [3.63, 3.8) is 0 Å². The number of hydrogen-bond acceptors (Lipinski definition) is 3. The van der Waals surface area contributed by atoms with E-state index in [0.717, 1.165) is 22.8 Å². The lowest BCUT2D eigenvalue weighted by Gasteiger charge is -2.36. The van der Waals surface area contributed by atoms with Gasteiger partial charge in [-0.2, -0.15) is 0 Å². The molecule has 1 aliphatic rings. The standard InChI is InChI=1S/C17H26N4/c1-3-13(4-2)21-9-6-12(7-10-21)14-11-20-17-15(18)5-8-19-16(14)17/h5,8,11-13,20H,3-4,6-7,9-10H2,1-2H3,(H2,18,19). The topological polar surface area (TPSA) is 57.9 Å². The van der Waals surface area contributed by atoms with E-state index in [1.807, 2.05) is 12.3 Å². The summed E-state index contributed by atoms with van der Waals surface area (Å²) in [6.07, 6.45) is 8.89. The van der Waals surface area contributed by atoms with Gasteiger partial charge in [0.05, 0.1) is 16.7 Å². The van der Waals surface area contributed by atoms with Gasteiger partial charge in [-0.3, -0.25) is 4.98 Å². The number of nitrogen functional groups attached to an aromatic ring is 1. The van der Waals surface area contributed by atoms with Crippen molar-refractivity contribution in [1.82, 2.24) is 14.9 Å². The summed E-state index contributed by atoms with van der Waals surface area (Å²) < 4.78 is 0. The molecule has 1 saturated heterocycles. The molecule has 0 atom stereocenters. The fourth-order valence-corrected chi connectivity index (χ4v) is 3.76. The number of piperidine rings is 1. The van der Waals surface area contributed by atoms with Gasteiger partial charge in [0.1, 0.15) is 0 Å². The summed E-state index contributed by atoms with van der Waals surface area (Å²) in [5.74, 6) is 0.610. The van der Waals surface area contributed by atoms with Crippen LogP contribution in [0.15, 0.2) is 18.5 Å². The monoisotopic (exact) mass is 286 g/mol. The van der Waals surface area contributed by atoms with Crippen molar-refractivity contribution in [3.05, 3.63) is 24.0 Å². The number of hydrogen-bond donors (Lipinski definition) is 2. The van der Waals surface area contributed by atoms with Crippen LogP contribution in [0.3, 0.4) is 0 Å². The van der Waals surface area contributed by atoms with Crippen LogP contribution < -0.4 is 5.73 Å². The number of nitrogens with two attached hydrogens (primary N) is 1. The molecular weight excluding hydrogens is 260 g/mol. The second-order valence-corrected chi connectivity index (χ2v) is 6.15. The highest BCUT2D eigenvalue weighted by molar-refractivity contribution is 5.89. The van der Waals surface area contributed by atoms with Crippen LogP contribution >= 0.6 is 0 Å². The number of anilines is 1. The predicted octanol–water partition coefficient (Wildman–Crippen LogP) is 3.51. The van der Waals surface area contributed by atoms with Crippen LogP contribution in [0, 0.1) is 0 Å². The van der Waals surface area contributed by atoms with Crippen molar-refractivity contribution in [1.29, 1.82) is 0 Å². The number of nitrogens with one attached hydrogen (secondary N) is 1. The Bertz CT molecular complexity index is 592. The molecule has 0 bridgehead atoms. The third-order valence-electron chi connectivity index (χ3n) is 5.06. The van der Waals surface area contributed by atoms with Gasteiger partial charge in [-0.05, 0) is 56.3 Å². The minimum atomic E-state index is 0.610. The smallest absolute Gasteiger partial charge is 0.0934 e. The zero-order valence-electron chi connectivity index (χ0n) is 13.1. The van der Waals surface area contributed by atoms with E-state index in [-0.39, 0.29) is 0 Å². The molecule has 2 aromatic rings. The normalized spacial score (nSPS) is 17.9. The Labute approximate surface area is 126 Å². The zero-order valence-corrected chi connectivity index (χ0v) is 13.1. The highest BCUT2D eigenvalue weighted by atomic mass is 15.2. The maximum Gasteiger partial charge on any atom is 0.0934 e. The summed E-state index contributed by atoms with van der Waals surface area (Å²) in [6, 6.07) is 2.61. The highest BCUT2D eigenvalue weighted by Gasteiger charge is 2.26. The van der Waals surface area contributed by atoms with Crippen molar-refractivity contribution in [2.75, 3.05) is 18.8 Å². The molecule has 1 aliphatic heterocycles. The van der Waals surface area contributed by atoms with Crippen LogP contribution in [0.5, 0.6) is 0 Å². The van der Waals surface area contributed by atoms with E-state index in [1.165, 1.54) is 44.3 Å². The van der Waals surface area contributed by atoms with E-state index in [9.17, 15) is 0 Å². The molecule has 21 heavy (non-hydrogen) atoms. The van der Waals surface area contributed by atoms with Gasteiger partial charge in [0, 0.05) is 18.4 Å². The molecule has 3 rings (SSSR count). The van der Waals surface area contributed by atoms with Crippen LogP contribution in [-0.4, -0.2) is 34.0 Å². The maximum absolute atomic E-state index is 6.02. The number of pyridine rings is 1. The van der Waals surface area contributed by atoms with E-state index in [2.05, 4.69) is 34.9 Å². The number of nitrogens with zero attached hydrogens (tertiary/aromatic N) is 2. The second kappa shape index (κ2) is 6.06. The third kappa shape index (κ3) is 2.64. The molecule has 4 heteroatoms. The van der Waals surface area contributed by atoms with Crippen LogP contribution in [0.4, 0.5) is 5.69 Å². The molecule has 0 aromatic carbocycles. The molecule has 3 heterocycles. The van der Waals surface area contributed by atoms with E-state index in [4.69, 9.17) is 5.73 Å². The largest absolute Gasteiger partial charge is 0.397 e. The Morgan fingerprint density at radius 3 is 2.71 bits per heavy atom. The van der Waals surface area contributed by atoms with Crippen molar-refractivity contribution in [2.24, 2.45) is 0 Å². The van der Waals surface area contributed by atoms with Crippen LogP contribution in [0.25, 0.3) is 11.0 Å². The highest BCUT2D eigenvalue weighted by Crippen LogP contribution is 2.34. The fourth-order valence-electron chi connectivity index (χ4n) is 3.76. The summed E-state index contributed by atoms with van der Waals surface area (Å²) >= 11 is 0. The van der Waals surface area contributed by atoms with E-state index in [1.54, 1.807) is 0 Å². The van der Waals surface area contributed by atoms with Gasteiger partial charge >= 0.3 is 0 Å². The molecule has 0 radical (unpaired) electrons. The molecule has 114 valence electrons.